The molecule has 0 saturated carbocycles. The number of carbonyl (C=O) groups excluding carboxylic acids is 1. The monoisotopic (exact) mass is 337 g/mol. The van der Waals surface area contributed by atoms with Gasteiger partial charge >= 0.3 is 0 Å². The standard InChI is InChI=1S/C15H13BrClNO/c1-10-3-2-4-11(7-10)8-15(19)18-12-5-6-13(16)14(17)9-12/h2-7,9H,8H2,1H3,(H,18,19). The van der Waals surface area contributed by atoms with Gasteiger partial charge in [0.15, 0.2) is 0 Å². The predicted molar refractivity (Wildman–Crippen MR) is 82.7 cm³/mol. The van der Waals surface area contributed by atoms with Crippen molar-refractivity contribution in [3.05, 3.63) is 63.1 Å². The Bertz CT molecular complexity index is 613. The first-order chi connectivity index (χ1) is 9.04. The Kier molecular flexibility index (Phi) is 4.61. The summed E-state index contributed by atoms with van der Waals surface area (Å²) >= 11 is 9.29. The minimum Gasteiger partial charge on any atom is -0.326 e. The van der Waals surface area contributed by atoms with Crippen molar-refractivity contribution < 1.29 is 4.79 Å². The van der Waals surface area contributed by atoms with Crippen molar-refractivity contribution >= 4 is 39.1 Å². The Morgan fingerprint density at radius 2 is 2.05 bits per heavy atom. The lowest BCUT2D eigenvalue weighted by Crippen LogP contribution is -2.14. The smallest absolute Gasteiger partial charge is 0.228 e. The van der Waals surface area contributed by atoms with Crippen molar-refractivity contribution in [3.8, 4) is 0 Å². The number of rotatable bonds is 3. The van der Waals surface area contributed by atoms with Crippen LogP contribution in [0.15, 0.2) is 46.9 Å². The van der Waals surface area contributed by atoms with E-state index < -0.39 is 0 Å². The highest BCUT2D eigenvalue weighted by molar-refractivity contribution is 9.10. The maximum absolute atomic E-state index is 11.9. The van der Waals surface area contributed by atoms with Crippen LogP contribution in [0, 0.1) is 6.92 Å². The number of aryl methyl sites for hydroxylation is 1. The lowest BCUT2D eigenvalue weighted by atomic mass is 10.1. The lowest BCUT2D eigenvalue weighted by molar-refractivity contribution is -0.115. The Labute approximate surface area is 125 Å². The number of benzene rings is 2. The fourth-order valence-corrected chi connectivity index (χ4v) is 2.21. The summed E-state index contributed by atoms with van der Waals surface area (Å²) in [6.45, 7) is 2.01. The SMILES string of the molecule is Cc1cccc(CC(=O)Nc2ccc(Br)c(Cl)c2)c1. The highest BCUT2D eigenvalue weighted by atomic mass is 79.9. The predicted octanol–water partition coefficient (Wildman–Crippen LogP) is 4.59. The fraction of sp³-hybridized carbons (Fsp3) is 0.133. The van der Waals surface area contributed by atoms with Crippen LogP contribution in [0.25, 0.3) is 0 Å². The summed E-state index contributed by atoms with van der Waals surface area (Å²) in [4.78, 5) is 11.9. The summed E-state index contributed by atoms with van der Waals surface area (Å²) in [6, 6.07) is 13.3. The molecule has 2 rings (SSSR count). The summed E-state index contributed by atoms with van der Waals surface area (Å²) in [5.41, 5.74) is 2.85. The van der Waals surface area contributed by atoms with E-state index in [2.05, 4.69) is 21.2 Å². The van der Waals surface area contributed by atoms with Crippen LogP contribution >= 0.6 is 27.5 Å². The van der Waals surface area contributed by atoms with E-state index in [-0.39, 0.29) is 5.91 Å². The van der Waals surface area contributed by atoms with Crippen molar-refractivity contribution in [1.82, 2.24) is 0 Å². The van der Waals surface area contributed by atoms with Crippen molar-refractivity contribution in [2.75, 3.05) is 5.32 Å². The molecule has 4 heteroatoms. The summed E-state index contributed by atoms with van der Waals surface area (Å²) < 4.78 is 0.811. The highest BCUT2D eigenvalue weighted by Gasteiger charge is 2.05. The Balaban J connectivity index is 2.03. The van der Waals surface area contributed by atoms with Gasteiger partial charge in [-0.3, -0.25) is 4.79 Å². The zero-order valence-corrected chi connectivity index (χ0v) is 12.8. The first-order valence-corrected chi connectivity index (χ1v) is 7.02. The summed E-state index contributed by atoms with van der Waals surface area (Å²) in [5, 5.41) is 3.41. The number of carbonyl (C=O) groups is 1. The second-order valence-electron chi connectivity index (χ2n) is 4.34. The van der Waals surface area contributed by atoms with E-state index in [0.29, 0.717) is 17.1 Å². The average Bonchev–Trinajstić information content (AvgIpc) is 2.34. The molecule has 0 radical (unpaired) electrons. The van der Waals surface area contributed by atoms with E-state index in [1.807, 2.05) is 43.3 Å². The van der Waals surface area contributed by atoms with E-state index >= 15 is 0 Å². The molecule has 2 nitrogen and oxygen atoms in total. The number of hydrogen-bond donors (Lipinski definition) is 1. The van der Waals surface area contributed by atoms with Crippen LogP contribution < -0.4 is 5.32 Å². The normalized spacial score (nSPS) is 10.3. The molecule has 19 heavy (non-hydrogen) atoms. The average molecular weight is 339 g/mol. The molecule has 0 aliphatic carbocycles. The quantitative estimate of drug-likeness (QED) is 0.871. The molecule has 0 spiro atoms. The number of halogens is 2. The van der Waals surface area contributed by atoms with Crippen LogP contribution in [0.2, 0.25) is 5.02 Å². The zero-order chi connectivity index (χ0) is 13.8. The van der Waals surface area contributed by atoms with Gasteiger partial charge in [0, 0.05) is 10.2 Å². The molecule has 0 saturated heterocycles. The molecular weight excluding hydrogens is 326 g/mol. The third-order valence-corrected chi connectivity index (χ3v) is 3.88. The van der Waals surface area contributed by atoms with Crippen LogP contribution in [-0.4, -0.2) is 5.91 Å². The molecule has 0 atom stereocenters. The Morgan fingerprint density at radius 3 is 2.74 bits per heavy atom. The summed E-state index contributed by atoms with van der Waals surface area (Å²) in [6.07, 6.45) is 0.357. The van der Waals surface area contributed by atoms with Gasteiger partial charge in [0.1, 0.15) is 0 Å². The van der Waals surface area contributed by atoms with Gasteiger partial charge in [-0.25, -0.2) is 0 Å². The number of anilines is 1. The third kappa shape index (κ3) is 4.08. The van der Waals surface area contributed by atoms with Crippen LogP contribution in [0.1, 0.15) is 11.1 Å². The van der Waals surface area contributed by atoms with E-state index in [0.717, 1.165) is 15.6 Å². The molecule has 98 valence electrons. The second-order valence-corrected chi connectivity index (χ2v) is 5.60. The highest BCUT2D eigenvalue weighted by Crippen LogP contribution is 2.25. The van der Waals surface area contributed by atoms with Gasteiger partial charge < -0.3 is 5.32 Å². The van der Waals surface area contributed by atoms with Gasteiger partial charge in [0.05, 0.1) is 11.4 Å². The first kappa shape index (κ1) is 14.1. The third-order valence-electron chi connectivity index (χ3n) is 2.65. The maximum atomic E-state index is 11.9. The molecule has 0 fully saturated rings. The van der Waals surface area contributed by atoms with Gasteiger partial charge in [-0.05, 0) is 46.6 Å². The fourth-order valence-electron chi connectivity index (χ4n) is 1.79. The Hall–Kier alpha value is -1.32. The van der Waals surface area contributed by atoms with Crippen molar-refractivity contribution in [2.45, 2.75) is 13.3 Å². The topological polar surface area (TPSA) is 29.1 Å². The molecular formula is C15H13BrClNO. The van der Waals surface area contributed by atoms with Crippen LogP contribution in [0.5, 0.6) is 0 Å². The Morgan fingerprint density at radius 1 is 1.26 bits per heavy atom. The minimum atomic E-state index is -0.0519. The van der Waals surface area contributed by atoms with Crippen molar-refractivity contribution in [1.29, 1.82) is 0 Å². The van der Waals surface area contributed by atoms with Gasteiger partial charge in [0.2, 0.25) is 5.91 Å². The van der Waals surface area contributed by atoms with Crippen LogP contribution in [0.4, 0.5) is 5.69 Å². The largest absolute Gasteiger partial charge is 0.326 e. The molecule has 0 unspecified atom stereocenters. The van der Waals surface area contributed by atoms with Crippen LogP contribution in [-0.2, 0) is 11.2 Å². The number of nitrogens with one attached hydrogen (secondary N) is 1. The van der Waals surface area contributed by atoms with Gasteiger partial charge in [0.25, 0.3) is 0 Å². The molecule has 1 amide bonds. The first-order valence-electron chi connectivity index (χ1n) is 5.85. The van der Waals surface area contributed by atoms with Crippen LogP contribution in [0.3, 0.4) is 0 Å². The minimum absolute atomic E-state index is 0.0519. The van der Waals surface area contributed by atoms with E-state index in [4.69, 9.17) is 11.6 Å². The van der Waals surface area contributed by atoms with Crippen molar-refractivity contribution in [2.24, 2.45) is 0 Å². The molecule has 0 aliphatic rings. The van der Waals surface area contributed by atoms with Gasteiger partial charge in [-0.1, -0.05) is 41.4 Å². The van der Waals surface area contributed by atoms with Crippen molar-refractivity contribution in [3.63, 3.8) is 0 Å². The number of amides is 1. The van der Waals surface area contributed by atoms with E-state index in [1.165, 1.54) is 0 Å². The molecule has 2 aromatic carbocycles. The molecule has 0 aliphatic heterocycles. The second kappa shape index (κ2) is 6.22. The molecule has 2 aromatic rings. The van der Waals surface area contributed by atoms with Gasteiger partial charge in [-0.2, -0.15) is 0 Å². The molecule has 0 aromatic heterocycles. The zero-order valence-electron chi connectivity index (χ0n) is 10.4. The summed E-state index contributed by atoms with van der Waals surface area (Å²) in [5.74, 6) is -0.0519. The lowest BCUT2D eigenvalue weighted by Gasteiger charge is -2.07. The molecule has 0 bridgehead atoms. The number of hydrogen-bond acceptors (Lipinski definition) is 1. The summed E-state index contributed by atoms with van der Waals surface area (Å²) in [7, 11) is 0. The van der Waals surface area contributed by atoms with E-state index in [1.54, 1.807) is 6.07 Å². The molecule has 0 heterocycles. The van der Waals surface area contributed by atoms with Gasteiger partial charge in [-0.15, -0.1) is 0 Å². The van der Waals surface area contributed by atoms with E-state index in [9.17, 15) is 4.79 Å². The maximum Gasteiger partial charge on any atom is 0.228 e. The molecule has 1 N–H and O–H groups in total.